The summed E-state index contributed by atoms with van der Waals surface area (Å²) < 4.78 is 5.62. The first-order valence-electron chi connectivity index (χ1n) is 6.59. The van der Waals surface area contributed by atoms with Gasteiger partial charge in [0, 0.05) is 31.0 Å². The highest BCUT2D eigenvalue weighted by Gasteiger charge is 2.26. The molecule has 5 heteroatoms. The van der Waals surface area contributed by atoms with E-state index in [9.17, 15) is 4.79 Å². The van der Waals surface area contributed by atoms with E-state index in [1.807, 2.05) is 13.8 Å². The topological polar surface area (TPSA) is 62.7 Å². The molecule has 0 aromatic carbocycles. The normalized spacial score (nSPS) is 22.1. The minimum atomic E-state index is -0.212. The molecule has 2 rings (SSSR count). The Morgan fingerprint density at radius 1 is 1.45 bits per heavy atom. The molecule has 5 nitrogen and oxygen atoms in total. The van der Waals surface area contributed by atoms with Crippen molar-refractivity contribution in [3.05, 3.63) is 29.6 Å². The lowest BCUT2D eigenvalue weighted by Gasteiger charge is -2.35. The van der Waals surface area contributed by atoms with Crippen LogP contribution >= 0.6 is 0 Å². The van der Waals surface area contributed by atoms with Crippen molar-refractivity contribution in [2.75, 3.05) is 19.7 Å². The number of carbonyl (C=O) groups excluding carboxylic acids is 1. The third-order valence-corrected chi connectivity index (χ3v) is 3.00. The largest absolute Gasteiger partial charge is 0.384 e. The van der Waals surface area contributed by atoms with Gasteiger partial charge in [0.25, 0.3) is 5.91 Å². The van der Waals surface area contributed by atoms with Crippen LogP contribution in [0, 0.1) is 11.8 Å². The second-order valence-corrected chi connectivity index (χ2v) is 4.89. The van der Waals surface area contributed by atoms with Gasteiger partial charge in [-0.2, -0.15) is 0 Å². The number of morpholine rings is 1. The summed E-state index contributed by atoms with van der Waals surface area (Å²) in [6, 6.07) is 1.70. The number of hydrogen-bond acceptors (Lipinski definition) is 4. The first kappa shape index (κ1) is 14.5. The second-order valence-electron chi connectivity index (χ2n) is 4.89. The van der Waals surface area contributed by atoms with Gasteiger partial charge in [0.05, 0.1) is 17.8 Å². The quantitative estimate of drug-likeness (QED) is 0.765. The van der Waals surface area contributed by atoms with Gasteiger partial charge >= 0.3 is 0 Å². The molecule has 1 amide bonds. The molecule has 2 heterocycles. The molecule has 106 valence electrons. The fraction of sp³-hybridized carbons (Fsp3) is 0.467. The monoisotopic (exact) mass is 274 g/mol. The highest BCUT2D eigenvalue weighted by Crippen LogP contribution is 2.14. The number of rotatable bonds is 1. The van der Waals surface area contributed by atoms with Gasteiger partial charge in [0.2, 0.25) is 0 Å². The first-order valence-corrected chi connectivity index (χ1v) is 6.59. The van der Waals surface area contributed by atoms with Gasteiger partial charge in [-0.25, -0.2) is 0 Å². The molecule has 1 aromatic heterocycles. The van der Waals surface area contributed by atoms with E-state index in [1.54, 1.807) is 17.2 Å². The predicted molar refractivity (Wildman–Crippen MR) is 74.1 cm³/mol. The maximum atomic E-state index is 12.4. The standard InChI is InChI=1S/C15H18N2O3/c1-11-9-17(10-12(2)20-11)15(19)14-6-13(4-3-5-18)7-16-8-14/h6-8,11-12,18H,5,9-10H2,1-2H3/t11-,12+. The maximum Gasteiger partial charge on any atom is 0.255 e. The lowest BCUT2D eigenvalue weighted by molar-refractivity contribution is -0.0586. The molecule has 0 bridgehead atoms. The van der Waals surface area contributed by atoms with Crippen molar-refractivity contribution in [3.63, 3.8) is 0 Å². The molecule has 0 radical (unpaired) electrons. The zero-order valence-corrected chi connectivity index (χ0v) is 11.7. The number of pyridine rings is 1. The molecule has 0 spiro atoms. The van der Waals surface area contributed by atoms with Gasteiger partial charge in [-0.3, -0.25) is 9.78 Å². The molecule has 0 saturated carbocycles. The van der Waals surface area contributed by atoms with Crippen molar-refractivity contribution >= 4 is 5.91 Å². The molecule has 20 heavy (non-hydrogen) atoms. The zero-order chi connectivity index (χ0) is 14.5. The van der Waals surface area contributed by atoms with Crippen LogP contribution in [-0.4, -0.2) is 52.8 Å². The van der Waals surface area contributed by atoms with E-state index in [0.29, 0.717) is 24.2 Å². The van der Waals surface area contributed by atoms with Gasteiger partial charge < -0.3 is 14.7 Å². The molecule has 1 aromatic rings. The van der Waals surface area contributed by atoms with Crippen molar-refractivity contribution in [1.82, 2.24) is 9.88 Å². The van der Waals surface area contributed by atoms with Crippen LogP contribution in [-0.2, 0) is 4.74 Å². The van der Waals surface area contributed by atoms with Gasteiger partial charge in [-0.1, -0.05) is 11.8 Å². The van der Waals surface area contributed by atoms with Crippen molar-refractivity contribution in [2.45, 2.75) is 26.1 Å². The number of carbonyl (C=O) groups is 1. The van der Waals surface area contributed by atoms with Gasteiger partial charge in [0.1, 0.15) is 6.61 Å². The molecule has 1 fully saturated rings. The van der Waals surface area contributed by atoms with Crippen LogP contribution in [0.1, 0.15) is 29.8 Å². The Balaban J connectivity index is 2.16. The predicted octanol–water partition coefficient (Wildman–Crippen LogP) is 0.675. The minimum Gasteiger partial charge on any atom is -0.384 e. The third kappa shape index (κ3) is 3.56. The number of hydrogen-bond donors (Lipinski definition) is 1. The summed E-state index contributed by atoms with van der Waals surface area (Å²) in [4.78, 5) is 18.3. The van der Waals surface area contributed by atoms with Gasteiger partial charge in [0.15, 0.2) is 0 Å². The Bertz CT molecular complexity index is 538. The molecule has 1 aliphatic heterocycles. The molecule has 1 saturated heterocycles. The van der Waals surface area contributed by atoms with E-state index in [0.717, 1.165) is 0 Å². The third-order valence-electron chi connectivity index (χ3n) is 3.00. The van der Waals surface area contributed by atoms with E-state index >= 15 is 0 Å². The van der Waals surface area contributed by atoms with Crippen LogP contribution in [0.15, 0.2) is 18.5 Å². The average Bonchev–Trinajstić information content (AvgIpc) is 2.43. The van der Waals surface area contributed by atoms with Crippen molar-refractivity contribution < 1.29 is 14.6 Å². The fourth-order valence-corrected chi connectivity index (χ4v) is 2.29. The Hall–Kier alpha value is -1.90. The number of aliphatic hydroxyl groups excluding tert-OH is 1. The van der Waals surface area contributed by atoms with Crippen molar-refractivity contribution in [3.8, 4) is 11.8 Å². The smallest absolute Gasteiger partial charge is 0.255 e. The Labute approximate surface area is 118 Å². The maximum absolute atomic E-state index is 12.4. The van der Waals surface area contributed by atoms with Crippen LogP contribution in [0.5, 0.6) is 0 Å². The summed E-state index contributed by atoms with van der Waals surface area (Å²) >= 11 is 0. The summed E-state index contributed by atoms with van der Waals surface area (Å²) in [6.07, 6.45) is 3.18. The van der Waals surface area contributed by atoms with E-state index in [1.165, 1.54) is 6.20 Å². The fourth-order valence-electron chi connectivity index (χ4n) is 2.29. The summed E-state index contributed by atoms with van der Waals surface area (Å²) in [5.41, 5.74) is 1.13. The van der Waals surface area contributed by atoms with Crippen molar-refractivity contribution in [2.24, 2.45) is 0 Å². The van der Waals surface area contributed by atoms with Crippen LogP contribution in [0.3, 0.4) is 0 Å². The highest BCUT2D eigenvalue weighted by atomic mass is 16.5. The molecule has 1 N–H and O–H groups in total. The number of aliphatic hydroxyl groups is 1. The molecule has 1 aliphatic rings. The van der Waals surface area contributed by atoms with Gasteiger partial charge in [-0.05, 0) is 19.9 Å². The number of aromatic nitrogens is 1. The SMILES string of the molecule is C[C@@H]1CN(C(=O)c2cncc(C#CCO)c2)C[C@H](C)O1. The number of ether oxygens (including phenoxy) is 1. The Morgan fingerprint density at radius 3 is 2.80 bits per heavy atom. The Morgan fingerprint density at radius 2 is 2.15 bits per heavy atom. The van der Waals surface area contributed by atoms with Gasteiger partial charge in [-0.15, -0.1) is 0 Å². The van der Waals surface area contributed by atoms with E-state index in [4.69, 9.17) is 9.84 Å². The second kappa shape index (κ2) is 6.51. The summed E-state index contributed by atoms with van der Waals surface area (Å²) in [5, 5.41) is 8.69. The highest BCUT2D eigenvalue weighted by molar-refractivity contribution is 5.94. The number of amides is 1. The molecule has 0 aliphatic carbocycles. The molecular formula is C15H18N2O3. The van der Waals surface area contributed by atoms with E-state index < -0.39 is 0 Å². The Kier molecular flexibility index (Phi) is 4.72. The van der Waals surface area contributed by atoms with Crippen LogP contribution in [0.25, 0.3) is 0 Å². The average molecular weight is 274 g/mol. The minimum absolute atomic E-state index is 0.0352. The molecular weight excluding hydrogens is 256 g/mol. The first-order chi connectivity index (χ1) is 9.60. The van der Waals surface area contributed by atoms with E-state index in [2.05, 4.69) is 16.8 Å². The summed E-state index contributed by atoms with van der Waals surface area (Å²) in [7, 11) is 0. The van der Waals surface area contributed by atoms with E-state index in [-0.39, 0.29) is 24.7 Å². The van der Waals surface area contributed by atoms with Crippen molar-refractivity contribution in [1.29, 1.82) is 0 Å². The van der Waals surface area contributed by atoms with Crippen LogP contribution in [0.2, 0.25) is 0 Å². The molecule has 2 atom stereocenters. The van der Waals surface area contributed by atoms with Crippen LogP contribution in [0.4, 0.5) is 0 Å². The summed E-state index contributed by atoms with van der Waals surface area (Å²) in [6.45, 7) is 4.86. The zero-order valence-electron chi connectivity index (χ0n) is 11.7. The number of nitrogens with zero attached hydrogens (tertiary/aromatic N) is 2. The van der Waals surface area contributed by atoms with Crippen LogP contribution < -0.4 is 0 Å². The lowest BCUT2D eigenvalue weighted by Crippen LogP contribution is -2.48. The lowest BCUT2D eigenvalue weighted by atomic mass is 10.1. The summed E-state index contributed by atoms with van der Waals surface area (Å²) in [5.74, 6) is 5.23. The molecule has 0 unspecified atom stereocenters.